The number of hydrogen-bond donors (Lipinski definition) is 0. The van der Waals surface area contributed by atoms with Gasteiger partial charge in [0.25, 0.3) is 0 Å². The quantitative estimate of drug-likeness (QED) is 0.657. The molecular weight excluding hydrogens is 179 g/mol. The van der Waals surface area contributed by atoms with Gasteiger partial charge in [-0.25, -0.2) is 4.39 Å². The molecule has 0 aromatic heterocycles. The van der Waals surface area contributed by atoms with Gasteiger partial charge in [-0.3, -0.25) is 4.79 Å². The second-order valence-corrected chi connectivity index (χ2v) is 3.88. The molecule has 1 fully saturated rings. The topological polar surface area (TPSA) is 17.1 Å². The van der Waals surface area contributed by atoms with Crippen LogP contribution in [0.15, 0.2) is 24.3 Å². The number of carbonyl (C=O) groups excluding carboxylic acids is 1. The van der Waals surface area contributed by atoms with E-state index >= 15 is 0 Å². The average Bonchev–Trinajstić information content (AvgIpc) is 2.66. The fourth-order valence-corrected chi connectivity index (χ4v) is 2.21. The van der Waals surface area contributed by atoms with Crippen LogP contribution in [-0.4, -0.2) is 6.29 Å². The van der Waals surface area contributed by atoms with Crippen LogP contribution < -0.4 is 0 Å². The predicted molar refractivity (Wildman–Crippen MR) is 53.1 cm³/mol. The van der Waals surface area contributed by atoms with E-state index < -0.39 is 5.67 Å². The van der Waals surface area contributed by atoms with Crippen LogP contribution in [-0.2, 0) is 5.67 Å². The van der Waals surface area contributed by atoms with Crippen LogP contribution >= 0.6 is 0 Å². The van der Waals surface area contributed by atoms with Crippen molar-refractivity contribution in [3.05, 3.63) is 35.4 Å². The van der Waals surface area contributed by atoms with E-state index in [1.807, 2.05) is 0 Å². The largest absolute Gasteiger partial charge is 0.298 e. The highest BCUT2D eigenvalue weighted by molar-refractivity contribution is 5.77. The fourth-order valence-electron chi connectivity index (χ4n) is 2.21. The molecule has 0 spiro atoms. The summed E-state index contributed by atoms with van der Waals surface area (Å²) in [4.78, 5) is 10.8. The van der Waals surface area contributed by atoms with Crippen LogP contribution in [0.2, 0.25) is 0 Å². The Morgan fingerprint density at radius 1 is 1.21 bits per heavy atom. The Balaban J connectivity index is 2.43. The van der Waals surface area contributed by atoms with E-state index in [0.29, 0.717) is 24.0 Å². The lowest BCUT2D eigenvalue weighted by Gasteiger charge is -2.20. The number of rotatable bonds is 2. The summed E-state index contributed by atoms with van der Waals surface area (Å²) in [5.74, 6) is 0. The Morgan fingerprint density at radius 2 is 1.86 bits per heavy atom. The molecule has 1 aliphatic carbocycles. The molecule has 0 bridgehead atoms. The molecule has 0 saturated heterocycles. The maximum Gasteiger partial charge on any atom is 0.150 e. The highest BCUT2D eigenvalue weighted by Crippen LogP contribution is 2.43. The first kappa shape index (κ1) is 9.38. The van der Waals surface area contributed by atoms with Crippen LogP contribution in [0, 0.1) is 0 Å². The molecule has 0 heterocycles. The smallest absolute Gasteiger partial charge is 0.150 e. The molecule has 0 N–H and O–H groups in total. The van der Waals surface area contributed by atoms with E-state index in [0.717, 1.165) is 19.1 Å². The minimum absolute atomic E-state index is 0.497. The van der Waals surface area contributed by atoms with Crippen LogP contribution in [0.25, 0.3) is 0 Å². The van der Waals surface area contributed by atoms with Crippen molar-refractivity contribution in [2.45, 2.75) is 31.4 Å². The van der Waals surface area contributed by atoms with Crippen LogP contribution in [0.4, 0.5) is 4.39 Å². The van der Waals surface area contributed by atoms with Gasteiger partial charge in [-0.1, -0.05) is 24.3 Å². The number of aldehydes is 1. The molecule has 1 aliphatic rings. The minimum Gasteiger partial charge on any atom is -0.298 e. The van der Waals surface area contributed by atoms with Gasteiger partial charge in [-0.05, 0) is 31.2 Å². The highest BCUT2D eigenvalue weighted by Gasteiger charge is 2.36. The van der Waals surface area contributed by atoms with Crippen LogP contribution in [0.1, 0.15) is 41.6 Å². The Bertz CT molecular complexity index is 340. The van der Waals surface area contributed by atoms with Gasteiger partial charge in [-0.15, -0.1) is 0 Å². The van der Waals surface area contributed by atoms with Crippen molar-refractivity contribution in [1.29, 1.82) is 0 Å². The van der Waals surface area contributed by atoms with Gasteiger partial charge in [0.1, 0.15) is 12.0 Å². The van der Waals surface area contributed by atoms with Crippen molar-refractivity contribution in [3.63, 3.8) is 0 Å². The van der Waals surface area contributed by atoms with Crippen molar-refractivity contribution in [2.24, 2.45) is 0 Å². The summed E-state index contributed by atoms with van der Waals surface area (Å²) in [6, 6.07) is 6.98. The average molecular weight is 192 g/mol. The third-order valence-electron chi connectivity index (χ3n) is 2.97. The van der Waals surface area contributed by atoms with Gasteiger partial charge in [0.15, 0.2) is 0 Å². The molecule has 74 valence electrons. The molecule has 1 aromatic carbocycles. The molecule has 0 amide bonds. The summed E-state index contributed by atoms with van der Waals surface area (Å²) in [7, 11) is 0. The fraction of sp³-hybridized carbons (Fsp3) is 0.417. The SMILES string of the molecule is O=Cc1ccccc1C1(F)CCCC1. The summed E-state index contributed by atoms with van der Waals surface area (Å²) in [5.41, 5.74) is -0.179. The summed E-state index contributed by atoms with van der Waals surface area (Å²) >= 11 is 0. The number of alkyl halides is 1. The van der Waals surface area contributed by atoms with E-state index in [2.05, 4.69) is 0 Å². The number of benzene rings is 1. The Labute approximate surface area is 82.9 Å². The van der Waals surface area contributed by atoms with Crippen LogP contribution in [0.3, 0.4) is 0 Å². The molecule has 1 aromatic rings. The second kappa shape index (κ2) is 3.52. The lowest BCUT2D eigenvalue weighted by Crippen LogP contribution is -2.16. The van der Waals surface area contributed by atoms with E-state index in [4.69, 9.17) is 0 Å². The summed E-state index contributed by atoms with van der Waals surface area (Å²) in [5, 5.41) is 0. The summed E-state index contributed by atoms with van der Waals surface area (Å²) < 4.78 is 14.3. The molecule has 2 heteroatoms. The van der Waals surface area contributed by atoms with Gasteiger partial charge in [-0.2, -0.15) is 0 Å². The molecule has 0 atom stereocenters. The Morgan fingerprint density at radius 3 is 2.50 bits per heavy atom. The van der Waals surface area contributed by atoms with Gasteiger partial charge < -0.3 is 0 Å². The first-order valence-corrected chi connectivity index (χ1v) is 5.00. The van der Waals surface area contributed by atoms with E-state index in [-0.39, 0.29) is 0 Å². The Hall–Kier alpha value is -1.18. The zero-order valence-electron chi connectivity index (χ0n) is 8.00. The van der Waals surface area contributed by atoms with Gasteiger partial charge >= 0.3 is 0 Å². The third kappa shape index (κ3) is 1.45. The van der Waals surface area contributed by atoms with Crippen molar-refractivity contribution >= 4 is 6.29 Å². The highest BCUT2D eigenvalue weighted by atomic mass is 19.1. The third-order valence-corrected chi connectivity index (χ3v) is 2.97. The summed E-state index contributed by atoms with van der Waals surface area (Å²) in [6.07, 6.45) is 3.69. The van der Waals surface area contributed by atoms with Gasteiger partial charge in [0, 0.05) is 5.56 Å². The molecular formula is C12H13FO. The van der Waals surface area contributed by atoms with Crippen molar-refractivity contribution < 1.29 is 9.18 Å². The molecule has 1 nitrogen and oxygen atoms in total. The molecule has 2 rings (SSSR count). The zero-order valence-corrected chi connectivity index (χ0v) is 8.00. The zero-order chi connectivity index (χ0) is 10.0. The van der Waals surface area contributed by atoms with E-state index in [9.17, 15) is 9.18 Å². The van der Waals surface area contributed by atoms with Gasteiger partial charge in [0.05, 0.1) is 0 Å². The number of halogens is 1. The monoisotopic (exact) mass is 192 g/mol. The molecule has 14 heavy (non-hydrogen) atoms. The number of carbonyl (C=O) groups is 1. The first-order valence-electron chi connectivity index (χ1n) is 5.00. The van der Waals surface area contributed by atoms with Crippen molar-refractivity contribution in [3.8, 4) is 0 Å². The first-order chi connectivity index (χ1) is 6.76. The molecule has 0 aliphatic heterocycles. The summed E-state index contributed by atoms with van der Waals surface area (Å²) in [6.45, 7) is 0. The second-order valence-electron chi connectivity index (χ2n) is 3.88. The minimum atomic E-state index is -1.25. The van der Waals surface area contributed by atoms with Crippen LogP contribution in [0.5, 0.6) is 0 Å². The van der Waals surface area contributed by atoms with E-state index in [1.165, 1.54) is 0 Å². The lowest BCUT2D eigenvalue weighted by molar-refractivity contribution is 0.111. The number of hydrogen-bond acceptors (Lipinski definition) is 1. The van der Waals surface area contributed by atoms with Crippen molar-refractivity contribution in [1.82, 2.24) is 0 Å². The molecule has 0 unspecified atom stereocenters. The standard InChI is InChI=1S/C12H13FO/c13-12(7-3-4-8-12)11-6-2-1-5-10(11)9-14/h1-2,5-6,9H,3-4,7-8H2. The van der Waals surface area contributed by atoms with E-state index in [1.54, 1.807) is 24.3 Å². The predicted octanol–water partition coefficient (Wildman–Crippen LogP) is 3.24. The molecule has 1 saturated carbocycles. The van der Waals surface area contributed by atoms with Crippen molar-refractivity contribution in [2.75, 3.05) is 0 Å². The maximum atomic E-state index is 14.3. The lowest BCUT2D eigenvalue weighted by atomic mass is 9.90. The normalized spacial score (nSPS) is 19.5. The van der Waals surface area contributed by atoms with Gasteiger partial charge in [0.2, 0.25) is 0 Å². The Kier molecular flexibility index (Phi) is 2.36. The molecule has 0 radical (unpaired) electrons. The maximum absolute atomic E-state index is 14.3.